The van der Waals surface area contributed by atoms with Crippen LogP contribution in [0.4, 0.5) is 0 Å². The lowest BCUT2D eigenvalue weighted by Crippen LogP contribution is -2.41. The Hall–Kier alpha value is -1.80. The van der Waals surface area contributed by atoms with E-state index in [1.807, 2.05) is 7.05 Å². The van der Waals surface area contributed by atoms with E-state index in [-0.39, 0.29) is 5.60 Å². The van der Waals surface area contributed by atoms with Gasteiger partial charge in [-0.2, -0.15) is 0 Å². The van der Waals surface area contributed by atoms with Gasteiger partial charge in [-0.3, -0.25) is 0 Å². The van der Waals surface area contributed by atoms with E-state index < -0.39 is 0 Å². The highest BCUT2D eigenvalue weighted by Gasteiger charge is 2.23. The van der Waals surface area contributed by atoms with E-state index in [0.29, 0.717) is 0 Å². The largest absolute Gasteiger partial charge is 0.486 e. The monoisotopic (exact) mass is 283 g/mol. The molecule has 1 N–H and O–H groups in total. The van der Waals surface area contributed by atoms with Crippen molar-refractivity contribution in [1.82, 2.24) is 5.32 Å². The normalized spacial score (nSPS) is 13.7. The van der Waals surface area contributed by atoms with Crippen LogP contribution in [0.5, 0.6) is 5.75 Å². The second-order valence-corrected chi connectivity index (χ2v) is 5.83. The van der Waals surface area contributed by atoms with Crippen molar-refractivity contribution in [3.8, 4) is 16.9 Å². The maximum Gasteiger partial charge on any atom is 0.120 e. The fourth-order valence-electron chi connectivity index (χ4n) is 2.35. The third-order valence-corrected chi connectivity index (χ3v) is 3.90. The molecule has 0 fully saturated rings. The molecule has 0 radical (unpaired) electrons. The molecule has 2 rings (SSSR count). The summed E-state index contributed by atoms with van der Waals surface area (Å²) >= 11 is 0. The summed E-state index contributed by atoms with van der Waals surface area (Å²) in [6, 6.07) is 16.9. The Morgan fingerprint density at radius 1 is 0.952 bits per heavy atom. The van der Waals surface area contributed by atoms with Crippen LogP contribution in [0.2, 0.25) is 0 Å². The summed E-state index contributed by atoms with van der Waals surface area (Å²) < 4.78 is 6.14. The van der Waals surface area contributed by atoms with E-state index in [1.165, 1.54) is 16.7 Å². The van der Waals surface area contributed by atoms with E-state index in [4.69, 9.17) is 4.74 Å². The van der Waals surface area contributed by atoms with Gasteiger partial charge in [-0.25, -0.2) is 0 Å². The van der Waals surface area contributed by atoms with E-state index in [0.717, 1.165) is 18.7 Å². The number of ether oxygens (including phenoxy) is 1. The number of rotatable bonds is 6. The van der Waals surface area contributed by atoms with E-state index in [1.54, 1.807) is 0 Å². The predicted octanol–water partition coefficient (Wildman–Crippen LogP) is 4.43. The number of likely N-dealkylation sites (N-methyl/N-ethyl adjacent to an activating group) is 1. The van der Waals surface area contributed by atoms with Gasteiger partial charge < -0.3 is 10.1 Å². The molecule has 112 valence electrons. The summed E-state index contributed by atoms with van der Waals surface area (Å²) in [4.78, 5) is 0. The van der Waals surface area contributed by atoms with Crippen molar-refractivity contribution in [2.75, 3.05) is 13.6 Å². The molecule has 0 aromatic heterocycles. The molecule has 1 unspecified atom stereocenters. The van der Waals surface area contributed by atoms with Gasteiger partial charge in [-0.05, 0) is 50.6 Å². The first kappa shape index (κ1) is 15.6. The van der Waals surface area contributed by atoms with Crippen LogP contribution in [0, 0.1) is 6.92 Å². The Morgan fingerprint density at radius 2 is 1.48 bits per heavy atom. The van der Waals surface area contributed by atoms with Gasteiger partial charge in [0.15, 0.2) is 0 Å². The topological polar surface area (TPSA) is 21.3 Å². The van der Waals surface area contributed by atoms with E-state index in [2.05, 4.69) is 74.6 Å². The molecule has 0 amide bonds. The summed E-state index contributed by atoms with van der Waals surface area (Å²) in [5.74, 6) is 0.922. The molecule has 0 bridgehead atoms. The molecule has 0 aliphatic rings. The summed E-state index contributed by atoms with van der Waals surface area (Å²) in [7, 11) is 1.96. The van der Waals surface area contributed by atoms with Gasteiger partial charge in [0.2, 0.25) is 0 Å². The molecule has 21 heavy (non-hydrogen) atoms. The molecular formula is C19H25NO. The molecule has 0 aliphatic heterocycles. The van der Waals surface area contributed by atoms with Crippen LogP contribution >= 0.6 is 0 Å². The standard InChI is InChI=1S/C19H25NO/c1-5-19(3,14-20-4)21-18-12-10-17(11-13-18)16-8-6-15(2)7-9-16/h6-13,20H,5,14H2,1-4H3. The van der Waals surface area contributed by atoms with Crippen molar-refractivity contribution < 1.29 is 4.74 Å². The Kier molecular flexibility index (Phi) is 5.03. The lowest BCUT2D eigenvalue weighted by molar-refractivity contribution is 0.0858. The molecule has 2 nitrogen and oxygen atoms in total. The van der Waals surface area contributed by atoms with Crippen molar-refractivity contribution in [3.05, 3.63) is 54.1 Å². The highest BCUT2D eigenvalue weighted by molar-refractivity contribution is 5.64. The fraction of sp³-hybridized carbons (Fsp3) is 0.368. The minimum absolute atomic E-state index is 0.167. The Labute approximate surface area is 128 Å². The first-order chi connectivity index (χ1) is 10.1. The second-order valence-electron chi connectivity index (χ2n) is 5.83. The first-order valence-corrected chi connectivity index (χ1v) is 7.57. The van der Waals surface area contributed by atoms with E-state index >= 15 is 0 Å². The van der Waals surface area contributed by atoms with E-state index in [9.17, 15) is 0 Å². The third-order valence-electron chi connectivity index (χ3n) is 3.90. The van der Waals surface area contributed by atoms with Gasteiger partial charge >= 0.3 is 0 Å². The van der Waals surface area contributed by atoms with Crippen LogP contribution < -0.4 is 10.1 Å². The molecule has 2 heteroatoms. The summed E-state index contributed by atoms with van der Waals surface area (Å²) in [5.41, 5.74) is 3.57. The average molecular weight is 283 g/mol. The highest BCUT2D eigenvalue weighted by Crippen LogP contribution is 2.25. The number of benzene rings is 2. The van der Waals surface area contributed by atoms with Crippen LogP contribution in [0.25, 0.3) is 11.1 Å². The molecule has 1 atom stereocenters. The lowest BCUT2D eigenvalue weighted by atomic mass is 10.0. The van der Waals surface area contributed by atoms with Crippen molar-refractivity contribution in [2.24, 2.45) is 0 Å². The predicted molar refractivity (Wildman–Crippen MR) is 89.9 cm³/mol. The third kappa shape index (κ3) is 4.08. The molecule has 0 heterocycles. The summed E-state index contributed by atoms with van der Waals surface area (Å²) in [6.07, 6.45) is 0.966. The van der Waals surface area contributed by atoms with Crippen molar-refractivity contribution >= 4 is 0 Å². The zero-order valence-corrected chi connectivity index (χ0v) is 13.4. The van der Waals surface area contributed by atoms with Crippen molar-refractivity contribution in [1.29, 1.82) is 0 Å². The van der Waals surface area contributed by atoms with Gasteiger partial charge in [0.05, 0.1) is 0 Å². The molecule has 0 saturated carbocycles. The molecule has 0 spiro atoms. The van der Waals surface area contributed by atoms with Crippen LogP contribution in [-0.4, -0.2) is 19.2 Å². The second kappa shape index (κ2) is 6.77. The zero-order valence-electron chi connectivity index (χ0n) is 13.4. The first-order valence-electron chi connectivity index (χ1n) is 7.57. The minimum atomic E-state index is -0.167. The number of aryl methyl sites for hydroxylation is 1. The lowest BCUT2D eigenvalue weighted by Gasteiger charge is -2.29. The molecule has 0 saturated heterocycles. The van der Waals surface area contributed by atoms with Crippen LogP contribution in [-0.2, 0) is 0 Å². The number of hydrogen-bond acceptors (Lipinski definition) is 2. The molecule has 0 aliphatic carbocycles. The number of hydrogen-bond donors (Lipinski definition) is 1. The highest BCUT2D eigenvalue weighted by atomic mass is 16.5. The Balaban J connectivity index is 2.13. The molecule has 2 aromatic rings. The Bertz CT molecular complexity index is 559. The average Bonchev–Trinajstić information content (AvgIpc) is 2.49. The van der Waals surface area contributed by atoms with Crippen molar-refractivity contribution in [2.45, 2.75) is 32.8 Å². The number of nitrogens with one attached hydrogen (secondary N) is 1. The maximum atomic E-state index is 6.14. The zero-order chi connectivity index (χ0) is 15.3. The van der Waals surface area contributed by atoms with Crippen LogP contribution in [0.3, 0.4) is 0 Å². The minimum Gasteiger partial charge on any atom is -0.486 e. The van der Waals surface area contributed by atoms with Gasteiger partial charge in [0.25, 0.3) is 0 Å². The SMILES string of the molecule is CCC(C)(CNC)Oc1ccc(-c2ccc(C)cc2)cc1. The van der Waals surface area contributed by atoms with Gasteiger partial charge in [0.1, 0.15) is 11.4 Å². The van der Waals surface area contributed by atoms with Crippen LogP contribution in [0.1, 0.15) is 25.8 Å². The summed E-state index contributed by atoms with van der Waals surface area (Å²) in [5, 5.41) is 3.20. The van der Waals surface area contributed by atoms with Crippen molar-refractivity contribution in [3.63, 3.8) is 0 Å². The summed E-state index contributed by atoms with van der Waals surface area (Å²) in [6.45, 7) is 7.23. The Morgan fingerprint density at radius 3 is 1.95 bits per heavy atom. The molecule has 2 aromatic carbocycles. The van der Waals surface area contributed by atoms with Crippen LogP contribution in [0.15, 0.2) is 48.5 Å². The van der Waals surface area contributed by atoms with Gasteiger partial charge in [-0.1, -0.05) is 48.9 Å². The maximum absolute atomic E-state index is 6.14. The van der Waals surface area contributed by atoms with Gasteiger partial charge in [0, 0.05) is 6.54 Å². The fourth-order valence-corrected chi connectivity index (χ4v) is 2.35. The quantitative estimate of drug-likeness (QED) is 0.847. The molecular weight excluding hydrogens is 258 g/mol. The smallest absolute Gasteiger partial charge is 0.120 e. The van der Waals surface area contributed by atoms with Gasteiger partial charge in [-0.15, -0.1) is 0 Å².